The minimum absolute atomic E-state index is 0.0415. The van der Waals surface area contributed by atoms with Crippen molar-refractivity contribution in [2.75, 3.05) is 6.61 Å². The van der Waals surface area contributed by atoms with Crippen molar-refractivity contribution in [1.82, 2.24) is 9.78 Å². The van der Waals surface area contributed by atoms with Gasteiger partial charge < -0.3 is 9.47 Å². The summed E-state index contributed by atoms with van der Waals surface area (Å²) < 4.78 is 14.4. The Labute approximate surface area is 110 Å². The van der Waals surface area contributed by atoms with Gasteiger partial charge in [-0.2, -0.15) is 5.10 Å². The molecule has 0 aromatic carbocycles. The quantitative estimate of drug-likeness (QED) is 0.857. The topological polar surface area (TPSA) is 36.3 Å². The molecule has 2 rings (SSSR count). The Hall–Kier alpha value is -0.390. The third kappa shape index (κ3) is 3.53. The molecule has 2 heterocycles. The van der Waals surface area contributed by atoms with Gasteiger partial charge in [0.2, 0.25) is 0 Å². The van der Waals surface area contributed by atoms with Gasteiger partial charge in [-0.05, 0) is 49.0 Å². The highest BCUT2D eigenvalue weighted by Gasteiger charge is 2.22. The van der Waals surface area contributed by atoms with Crippen LogP contribution in [0.25, 0.3) is 0 Å². The van der Waals surface area contributed by atoms with E-state index in [0.717, 1.165) is 23.9 Å². The fourth-order valence-electron chi connectivity index (χ4n) is 1.92. The molecule has 17 heavy (non-hydrogen) atoms. The van der Waals surface area contributed by atoms with Gasteiger partial charge in [0.15, 0.2) is 6.29 Å². The molecule has 0 N–H and O–H groups in total. The summed E-state index contributed by atoms with van der Waals surface area (Å²) in [6.45, 7) is 4.99. The van der Waals surface area contributed by atoms with Crippen molar-refractivity contribution >= 4 is 15.9 Å². The summed E-state index contributed by atoms with van der Waals surface area (Å²) in [7, 11) is 0. The van der Waals surface area contributed by atoms with Crippen molar-refractivity contribution in [2.24, 2.45) is 0 Å². The lowest BCUT2D eigenvalue weighted by Crippen LogP contribution is -2.31. The van der Waals surface area contributed by atoms with E-state index in [2.05, 4.69) is 34.9 Å². The highest BCUT2D eigenvalue weighted by atomic mass is 79.9. The SMILES string of the molecule is CC(OC1CCCCO1)C(C)n1cc(Br)cn1. The van der Waals surface area contributed by atoms with Gasteiger partial charge in [0.05, 0.1) is 22.8 Å². The molecule has 0 saturated carbocycles. The molecule has 0 bridgehead atoms. The molecular weight excluding hydrogens is 284 g/mol. The zero-order chi connectivity index (χ0) is 12.3. The zero-order valence-corrected chi connectivity index (χ0v) is 11.9. The van der Waals surface area contributed by atoms with Crippen LogP contribution in [0.4, 0.5) is 0 Å². The number of rotatable bonds is 4. The first-order valence-electron chi connectivity index (χ1n) is 6.13. The van der Waals surface area contributed by atoms with Gasteiger partial charge in [0.25, 0.3) is 0 Å². The second-order valence-electron chi connectivity index (χ2n) is 4.52. The van der Waals surface area contributed by atoms with E-state index in [9.17, 15) is 0 Å². The molecule has 1 aromatic rings. The van der Waals surface area contributed by atoms with Crippen molar-refractivity contribution in [3.8, 4) is 0 Å². The Morgan fingerprint density at radius 2 is 2.35 bits per heavy atom. The first-order chi connectivity index (χ1) is 8.16. The third-order valence-electron chi connectivity index (χ3n) is 3.17. The van der Waals surface area contributed by atoms with E-state index in [1.54, 1.807) is 6.20 Å². The molecule has 1 fully saturated rings. The number of hydrogen-bond donors (Lipinski definition) is 0. The lowest BCUT2D eigenvalue weighted by Gasteiger charge is -2.29. The van der Waals surface area contributed by atoms with Gasteiger partial charge in [-0.1, -0.05) is 0 Å². The predicted octanol–water partition coefficient (Wildman–Crippen LogP) is 3.14. The summed E-state index contributed by atoms with van der Waals surface area (Å²) in [6, 6.07) is 0.201. The Morgan fingerprint density at radius 1 is 1.53 bits per heavy atom. The lowest BCUT2D eigenvalue weighted by atomic mass is 10.2. The molecule has 1 aliphatic rings. The predicted molar refractivity (Wildman–Crippen MR) is 68.8 cm³/mol. The van der Waals surface area contributed by atoms with Gasteiger partial charge in [0, 0.05) is 12.8 Å². The molecule has 4 nitrogen and oxygen atoms in total. The molecule has 1 saturated heterocycles. The smallest absolute Gasteiger partial charge is 0.158 e. The van der Waals surface area contributed by atoms with E-state index in [4.69, 9.17) is 9.47 Å². The molecule has 3 unspecified atom stereocenters. The van der Waals surface area contributed by atoms with Crippen LogP contribution in [0.5, 0.6) is 0 Å². The molecule has 96 valence electrons. The normalized spacial score (nSPS) is 24.5. The molecule has 0 amide bonds. The van der Waals surface area contributed by atoms with E-state index < -0.39 is 0 Å². The number of nitrogens with zero attached hydrogens (tertiary/aromatic N) is 2. The Kier molecular flexibility index (Phi) is 4.59. The van der Waals surface area contributed by atoms with Crippen LogP contribution >= 0.6 is 15.9 Å². The molecular formula is C12H19BrN2O2. The molecule has 0 aliphatic carbocycles. The van der Waals surface area contributed by atoms with Crippen LogP contribution < -0.4 is 0 Å². The van der Waals surface area contributed by atoms with Crippen LogP contribution in [-0.2, 0) is 9.47 Å². The number of ether oxygens (including phenoxy) is 2. The van der Waals surface area contributed by atoms with Crippen LogP contribution in [0, 0.1) is 0 Å². The molecule has 0 radical (unpaired) electrons. The number of hydrogen-bond acceptors (Lipinski definition) is 3. The number of halogens is 1. The van der Waals surface area contributed by atoms with Gasteiger partial charge >= 0.3 is 0 Å². The molecule has 1 aliphatic heterocycles. The monoisotopic (exact) mass is 302 g/mol. The first kappa shape index (κ1) is 13.1. The molecule has 0 spiro atoms. The average Bonchev–Trinajstić information content (AvgIpc) is 2.76. The van der Waals surface area contributed by atoms with E-state index in [1.165, 1.54) is 6.42 Å². The fourth-order valence-corrected chi connectivity index (χ4v) is 2.23. The summed E-state index contributed by atoms with van der Waals surface area (Å²) in [5.41, 5.74) is 0. The average molecular weight is 303 g/mol. The van der Waals surface area contributed by atoms with Crippen molar-refractivity contribution in [3.05, 3.63) is 16.9 Å². The second kappa shape index (κ2) is 5.98. The summed E-state index contributed by atoms with van der Waals surface area (Å²) in [6.07, 6.45) is 7.15. The maximum Gasteiger partial charge on any atom is 0.158 e. The highest BCUT2D eigenvalue weighted by Crippen LogP contribution is 2.21. The lowest BCUT2D eigenvalue weighted by molar-refractivity contribution is -0.192. The Morgan fingerprint density at radius 3 is 2.94 bits per heavy atom. The maximum atomic E-state index is 5.92. The van der Waals surface area contributed by atoms with Gasteiger partial charge in [-0.15, -0.1) is 0 Å². The van der Waals surface area contributed by atoms with Crippen molar-refractivity contribution in [2.45, 2.75) is 51.5 Å². The second-order valence-corrected chi connectivity index (χ2v) is 5.43. The summed E-state index contributed by atoms with van der Waals surface area (Å²) in [5, 5.41) is 4.28. The fraction of sp³-hybridized carbons (Fsp3) is 0.750. The van der Waals surface area contributed by atoms with Crippen molar-refractivity contribution in [1.29, 1.82) is 0 Å². The standard InChI is InChI=1S/C12H19BrN2O2/c1-9(15-8-11(13)7-14-15)10(2)17-12-5-3-4-6-16-12/h7-10,12H,3-6H2,1-2H3. The van der Waals surface area contributed by atoms with Gasteiger partial charge in [-0.25, -0.2) is 0 Å². The highest BCUT2D eigenvalue weighted by molar-refractivity contribution is 9.10. The van der Waals surface area contributed by atoms with Crippen LogP contribution in [0.15, 0.2) is 16.9 Å². The third-order valence-corrected chi connectivity index (χ3v) is 3.58. The van der Waals surface area contributed by atoms with Crippen molar-refractivity contribution in [3.63, 3.8) is 0 Å². The molecule has 1 aromatic heterocycles. The van der Waals surface area contributed by atoms with E-state index in [-0.39, 0.29) is 18.4 Å². The summed E-state index contributed by atoms with van der Waals surface area (Å²) >= 11 is 3.40. The van der Waals surface area contributed by atoms with Gasteiger partial charge in [0.1, 0.15) is 0 Å². The van der Waals surface area contributed by atoms with Gasteiger partial charge in [-0.3, -0.25) is 4.68 Å². The summed E-state index contributed by atoms with van der Waals surface area (Å²) in [4.78, 5) is 0. The summed E-state index contributed by atoms with van der Waals surface area (Å²) in [5.74, 6) is 0. The number of aromatic nitrogens is 2. The van der Waals surface area contributed by atoms with E-state index in [1.807, 2.05) is 10.9 Å². The zero-order valence-electron chi connectivity index (χ0n) is 10.3. The van der Waals surface area contributed by atoms with Crippen molar-refractivity contribution < 1.29 is 9.47 Å². The molecule has 3 atom stereocenters. The van der Waals surface area contributed by atoms with E-state index in [0.29, 0.717) is 0 Å². The minimum atomic E-state index is -0.0415. The first-order valence-corrected chi connectivity index (χ1v) is 6.93. The van der Waals surface area contributed by atoms with Crippen LogP contribution in [0.1, 0.15) is 39.2 Å². The Bertz CT molecular complexity index is 350. The minimum Gasteiger partial charge on any atom is -0.353 e. The van der Waals surface area contributed by atoms with Crippen LogP contribution in [0.2, 0.25) is 0 Å². The molecule has 5 heteroatoms. The Balaban J connectivity index is 1.88. The van der Waals surface area contributed by atoms with E-state index >= 15 is 0 Å². The van der Waals surface area contributed by atoms with Crippen LogP contribution in [0.3, 0.4) is 0 Å². The maximum absolute atomic E-state index is 5.92. The largest absolute Gasteiger partial charge is 0.353 e. The van der Waals surface area contributed by atoms with Crippen LogP contribution in [-0.4, -0.2) is 28.8 Å².